The second-order valence-electron chi connectivity index (χ2n) is 3.44. The van der Waals surface area contributed by atoms with E-state index >= 15 is 0 Å². The monoisotopic (exact) mass is 311 g/mol. The van der Waals surface area contributed by atoms with Crippen molar-refractivity contribution in [2.24, 2.45) is 0 Å². The molecule has 1 rings (SSSR count). The average Bonchev–Trinajstić information content (AvgIpc) is 2.33. The molecule has 0 radical (unpaired) electrons. The van der Waals surface area contributed by atoms with E-state index < -0.39 is 26.7 Å². The van der Waals surface area contributed by atoms with E-state index in [4.69, 9.17) is 0 Å². The molecule has 20 heavy (non-hydrogen) atoms. The molecule has 1 aromatic rings. The van der Waals surface area contributed by atoms with Crippen LogP contribution in [-0.2, 0) is 0 Å². The Bertz CT molecular complexity index is 524. The fourth-order valence-corrected chi connectivity index (χ4v) is 1.72. The van der Waals surface area contributed by atoms with Crippen molar-refractivity contribution in [2.75, 3.05) is 17.6 Å². The molecule has 11 heteroatoms. The Morgan fingerprint density at radius 3 is 2.35 bits per heavy atom. The fraction of sp³-hybridized carbons (Fsp3) is 0.333. The van der Waals surface area contributed by atoms with E-state index in [1.165, 1.54) is 0 Å². The van der Waals surface area contributed by atoms with Gasteiger partial charge in [-0.25, -0.2) is 0 Å². The minimum absolute atomic E-state index is 0.0663. The summed E-state index contributed by atoms with van der Waals surface area (Å²) in [5.74, 6) is -0.336. The summed E-state index contributed by atoms with van der Waals surface area (Å²) in [6, 6.07) is 2.87. The molecule has 7 nitrogen and oxygen atoms in total. The molecule has 0 bridgehead atoms. The van der Waals surface area contributed by atoms with Crippen LogP contribution in [0.15, 0.2) is 18.2 Å². The van der Waals surface area contributed by atoms with Gasteiger partial charge in [0.05, 0.1) is 15.9 Å². The number of halogens is 3. The van der Waals surface area contributed by atoms with Crippen molar-refractivity contribution in [1.29, 1.82) is 0 Å². The lowest BCUT2D eigenvalue weighted by Crippen LogP contribution is -2.10. The highest BCUT2D eigenvalue weighted by molar-refractivity contribution is 8.00. The zero-order chi connectivity index (χ0) is 15.3. The maximum atomic E-state index is 11.9. The van der Waals surface area contributed by atoms with Gasteiger partial charge < -0.3 is 5.32 Å². The van der Waals surface area contributed by atoms with Gasteiger partial charge in [0.25, 0.3) is 11.4 Å². The molecule has 110 valence electrons. The molecular formula is C9H8F3N3O4S. The molecule has 0 spiro atoms. The van der Waals surface area contributed by atoms with E-state index in [1.807, 2.05) is 0 Å². The van der Waals surface area contributed by atoms with Crippen LogP contribution < -0.4 is 5.32 Å². The van der Waals surface area contributed by atoms with Gasteiger partial charge in [-0.05, 0) is 17.8 Å². The van der Waals surface area contributed by atoms with Crippen molar-refractivity contribution >= 4 is 28.8 Å². The van der Waals surface area contributed by atoms with Crippen LogP contribution in [0, 0.1) is 20.2 Å². The molecule has 0 amide bonds. The van der Waals surface area contributed by atoms with Gasteiger partial charge in [0.1, 0.15) is 5.69 Å². The number of thioether (sulfide) groups is 1. The molecular weight excluding hydrogens is 303 g/mol. The van der Waals surface area contributed by atoms with Gasteiger partial charge in [-0.2, -0.15) is 13.2 Å². The van der Waals surface area contributed by atoms with Crippen LogP contribution in [0.2, 0.25) is 0 Å². The number of nitrogens with zero attached hydrogens (tertiary/aromatic N) is 2. The van der Waals surface area contributed by atoms with Crippen LogP contribution in [0.4, 0.5) is 30.2 Å². The third kappa shape index (κ3) is 4.91. The molecule has 0 aliphatic rings. The Kier molecular flexibility index (Phi) is 5.13. The van der Waals surface area contributed by atoms with Gasteiger partial charge >= 0.3 is 5.51 Å². The normalized spacial score (nSPS) is 11.2. The second-order valence-corrected chi connectivity index (χ2v) is 4.60. The molecule has 0 aliphatic heterocycles. The van der Waals surface area contributed by atoms with Crippen LogP contribution >= 0.6 is 11.8 Å². The first kappa shape index (κ1) is 16.0. The lowest BCUT2D eigenvalue weighted by molar-refractivity contribution is -0.393. The number of anilines is 1. The third-order valence-corrected chi connectivity index (χ3v) is 2.81. The summed E-state index contributed by atoms with van der Waals surface area (Å²) in [5.41, 5.74) is -5.46. The van der Waals surface area contributed by atoms with Crippen molar-refractivity contribution in [3.8, 4) is 0 Å². The molecule has 0 aliphatic carbocycles. The van der Waals surface area contributed by atoms with Crippen LogP contribution in [-0.4, -0.2) is 27.7 Å². The molecule has 0 aromatic heterocycles. The van der Waals surface area contributed by atoms with Gasteiger partial charge in [0.15, 0.2) is 0 Å². The van der Waals surface area contributed by atoms with Crippen molar-refractivity contribution in [2.45, 2.75) is 5.51 Å². The number of nitrogens with one attached hydrogen (secondary N) is 1. The molecule has 0 saturated heterocycles. The van der Waals surface area contributed by atoms with Crippen molar-refractivity contribution < 1.29 is 23.0 Å². The number of non-ortho nitro benzene ring substituents is 1. The summed E-state index contributed by atoms with van der Waals surface area (Å²) in [4.78, 5) is 19.6. The van der Waals surface area contributed by atoms with Gasteiger partial charge in [-0.15, -0.1) is 0 Å². The number of nitro groups is 2. The molecule has 1 N–H and O–H groups in total. The Labute approximate surface area is 114 Å². The zero-order valence-electron chi connectivity index (χ0n) is 9.72. The fourth-order valence-electron chi connectivity index (χ4n) is 1.29. The Hall–Kier alpha value is -2.04. The van der Waals surface area contributed by atoms with Gasteiger partial charge in [0, 0.05) is 18.4 Å². The van der Waals surface area contributed by atoms with E-state index in [9.17, 15) is 33.4 Å². The quantitative estimate of drug-likeness (QED) is 0.492. The molecule has 0 heterocycles. The maximum Gasteiger partial charge on any atom is 0.441 e. The molecule has 0 atom stereocenters. The van der Waals surface area contributed by atoms with Gasteiger partial charge in [-0.1, -0.05) is 0 Å². The number of alkyl halides is 3. The lowest BCUT2D eigenvalue weighted by Gasteiger charge is -2.08. The van der Waals surface area contributed by atoms with Crippen LogP contribution in [0.1, 0.15) is 0 Å². The van der Waals surface area contributed by atoms with Crippen LogP contribution in [0.5, 0.6) is 0 Å². The minimum atomic E-state index is -4.37. The summed E-state index contributed by atoms with van der Waals surface area (Å²) in [5, 5.41) is 23.7. The smallest absolute Gasteiger partial charge is 0.379 e. The summed E-state index contributed by atoms with van der Waals surface area (Å²) in [6.45, 7) is -0.164. The topological polar surface area (TPSA) is 98.3 Å². The highest BCUT2D eigenvalue weighted by Crippen LogP contribution is 2.31. The van der Waals surface area contributed by atoms with Crippen LogP contribution in [0.25, 0.3) is 0 Å². The van der Waals surface area contributed by atoms with E-state index in [0.29, 0.717) is 0 Å². The van der Waals surface area contributed by atoms with Crippen molar-refractivity contribution in [3.63, 3.8) is 0 Å². The lowest BCUT2D eigenvalue weighted by atomic mass is 10.2. The SMILES string of the molecule is O=[N+]([O-])c1ccc(NCCSC(F)(F)F)c([N+](=O)[O-])c1. The number of rotatable bonds is 6. The molecule has 0 saturated carbocycles. The summed E-state index contributed by atoms with van der Waals surface area (Å²) in [6.07, 6.45) is 0. The van der Waals surface area contributed by atoms with Crippen LogP contribution in [0.3, 0.4) is 0 Å². The highest BCUT2D eigenvalue weighted by Gasteiger charge is 2.27. The number of nitro benzene ring substituents is 2. The predicted octanol–water partition coefficient (Wildman–Crippen LogP) is 3.17. The Balaban J connectivity index is 2.75. The third-order valence-electron chi connectivity index (χ3n) is 2.07. The Morgan fingerprint density at radius 2 is 1.85 bits per heavy atom. The first-order chi connectivity index (χ1) is 9.20. The zero-order valence-corrected chi connectivity index (χ0v) is 10.5. The first-order valence-electron chi connectivity index (χ1n) is 5.08. The summed E-state index contributed by atoms with van der Waals surface area (Å²) in [7, 11) is 0. The van der Waals surface area contributed by atoms with E-state index in [2.05, 4.69) is 5.32 Å². The van der Waals surface area contributed by atoms with Crippen molar-refractivity contribution in [1.82, 2.24) is 0 Å². The number of hydrogen-bond acceptors (Lipinski definition) is 6. The minimum Gasteiger partial charge on any atom is -0.379 e. The first-order valence-corrected chi connectivity index (χ1v) is 6.06. The standard InChI is InChI=1S/C9H8F3N3O4S/c10-9(11,12)20-4-3-13-7-2-1-6(14(16)17)5-8(7)15(18)19/h1-2,5,13H,3-4H2. The number of benzene rings is 1. The highest BCUT2D eigenvalue weighted by atomic mass is 32.2. The second kappa shape index (κ2) is 6.41. The summed E-state index contributed by atoms with van der Waals surface area (Å²) >= 11 is -0.265. The van der Waals surface area contributed by atoms with E-state index in [1.54, 1.807) is 0 Å². The van der Waals surface area contributed by atoms with Gasteiger partial charge in [0.2, 0.25) is 0 Å². The van der Waals surface area contributed by atoms with Crippen molar-refractivity contribution in [3.05, 3.63) is 38.4 Å². The average molecular weight is 311 g/mol. The maximum absolute atomic E-state index is 11.9. The predicted molar refractivity (Wildman–Crippen MR) is 66.8 cm³/mol. The molecule has 0 unspecified atom stereocenters. The van der Waals surface area contributed by atoms with E-state index in [0.717, 1.165) is 18.2 Å². The largest absolute Gasteiger partial charge is 0.441 e. The van der Waals surface area contributed by atoms with E-state index in [-0.39, 0.29) is 29.7 Å². The number of hydrogen-bond donors (Lipinski definition) is 1. The summed E-state index contributed by atoms with van der Waals surface area (Å²) < 4.78 is 35.6. The molecule has 0 fully saturated rings. The molecule has 1 aromatic carbocycles. The van der Waals surface area contributed by atoms with Gasteiger partial charge in [-0.3, -0.25) is 20.2 Å². The Morgan fingerprint density at radius 1 is 1.20 bits per heavy atom.